The van der Waals surface area contributed by atoms with Crippen molar-refractivity contribution >= 4 is 11.6 Å². The van der Waals surface area contributed by atoms with Crippen LogP contribution in [0, 0.1) is 0 Å². The average molecular weight is 249 g/mol. The van der Waals surface area contributed by atoms with Crippen LogP contribution in [-0.4, -0.2) is 30.8 Å². The molecule has 1 aliphatic rings. The number of aromatic nitrogens is 1. The highest BCUT2D eigenvalue weighted by atomic mass is 16.5. The average Bonchev–Trinajstić information content (AvgIpc) is 2.84. The molecule has 0 saturated heterocycles. The Kier molecular flexibility index (Phi) is 4.81. The fourth-order valence-corrected chi connectivity index (χ4v) is 2.36. The van der Waals surface area contributed by atoms with Crippen molar-refractivity contribution in [3.05, 3.63) is 18.2 Å². The zero-order chi connectivity index (χ0) is 12.8. The molecule has 4 heteroatoms. The molecule has 4 nitrogen and oxygen atoms in total. The van der Waals surface area contributed by atoms with Gasteiger partial charge in [-0.05, 0) is 37.8 Å². The Morgan fingerprint density at radius 1 is 1.33 bits per heavy atom. The van der Waals surface area contributed by atoms with Crippen LogP contribution in [-0.2, 0) is 4.74 Å². The van der Waals surface area contributed by atoms with Gasteiger partial charge in [-0.3, -0.25) is 0 Å². The lowest BCUT2D eigenvalue weighted by Gasteiger charge is -2.14. The molecule has 0 aliphatic heterocycles. The quantitative estimate of drug-likeness (QED) is 0.814. The number of rotatable bonds is 6. The van der Waals surface area contributed by atoms with Gasteiger partial charge in [-0.25, -0.2) is 4.98 Å². The van der Waals surface area contributed by atoms with E-state index >= 15 is 0 Å². The molecule has 1 saturated carbocycles. The summed E-state index contributed by atoms with van der Waals surface area (Å²) in [5.41, 5.74) is 0. The number of anilines is 2. The van der Waals surface area contributed by atoms with E-state index in [2.05, 4.69) is 22.5 Å². The maximum Gasteiger partial charge on any atom is 0.128 e. The molecule has 18 heavy (non-hydrogen) atoms. The van der Waals surface area contributed by atoms with Gasteiger partial charge in [-0.1, -0.05) is 13.0 Å². The van der Waals surface area contributed by atoms with E-state index in [1.807, 2.05) is 18.2 Å². The Balaban J connectivity index is 1.89. The van der Waals surface area contributed by atoms with Crippen LogP contribution in [0.15, 0.2) is 18.2 Å². The van der Waals surface area contributed by atoms with E-state index in [9.17, 15) is 0 Å². The van der Waals surface area contributed by atoms with Crippen LogP contribution < -0.4 is 10.6 Å². The molecule has 1 heterocycles. The molecule has 2 unspecified atom stereocenters. The number of hydrogen-bond acceptors (Lipinski definition) is 4. The van der Waals surface area contributed by atoms with Gasteiger partial charge in [-0.2, -0.15) is 0 Å². The second-order valence-corrected chi connectivity index (χ2v) is 4.85. The summed E-state index contributed by atoms with van der Waals surface area (Å²) in [4.78, 5) is 4.56. The van der Waals surface area contributed by atoms with Crippen molar-refractivity contribution in [2.24, 2.45) is 0 Å². The van der Waals surface area contributed by atoms with Gasteiger partial charge in [0.1, 0.15) is 11.6 Å². The van der Waals surface area contributed by atoms with Crippen LogP contribution in [0.5, 0.6) is 0 Å². The standard InChI is InChI=1S/C14H23N3O/c1-3-9-15-13-5-4-6-14(17-13)16-11-7-8-12(10-11)18-2/h4-6,11-12H,3,7-10H2,1-2H3,(H2,15,16,17). The molecule has 0 radical (unpaired) electrons. The van der Waals surface area contributed by atoms with E-state index in [0.717, 1.165) is 43.9 Å². The van der Waals surface area contributed by atoms with Gasteiger partial charge in [0.2, 0.25) is 0 Å². The predicted octanol–water partition coefficient (Wildman–Crippen LogP) is 2.88. The number of methoxy groups -OCH3 is 1. The largest absolute Gasteiger partial charge is 0.381 e. The summed E-state index contributed by atoms with van der Waals surface area (Å²) in [6.45, 7) is 3.12. The van der Waals surface area contributed by atoms with Crippen molar-refractivity contribution in [3.8, 4) is 0 Å². The minimum atomic E-state index is 0.406. The fourth-order valence-electron chi connectivity index (χ4n) is 2.36. The van der Waals surface area contributed by atoms with Crippen molar-refractivity contribution < 1.29 is 4.74 Å². The topological polar surface area (TPSA) is 46.2 Å². The first kappa shape index (κ1) is 13.1. The SMILES string of the molecule is CCCNc1cccc(NC2CCC(OC)C2)n1. The van der Waals surface area contributed by atoms with Gasteiger partial charge < -0.3 is 15.4 Å². The molecule has 1 aromatic heterocycles. The van der Waals surface area contributed by atoms with Gasteiger partial charge in [-0.15, -0.1) is 0 Å². The third kappa shape index (κ3) is 3.60. The molecule has 2 atom stereocenters. The monoisotopic (exact) mass is 249 g/mol. The number of ether oxygens (including phenoxy) is 1. The highest BCUT2D eigenvalue weighted by molar-refractivity contribution is 5.45. The molecular formula is C14H23N3O. The predicted molar refractivity (Wildman–Crippen MR) is 75.1 cm³/mol. The Bertz CT molecular complexity index is 370. The van der Waals surface area contributed by atoms with Gasteiger partial charge in [0.05, 0.1) is 6.10 Å². The van der Waals surface area contributed by atoms with Crippen molar-refractivity contribution in [2.45, 2.75) is 44.8 Å². The molecule has 100 valence electrons. The summed E-state index contributed by atoms with van der Waals surface area (Å²) in [7, 11) is 1.79. The number of pyridine rings is 1. The zero-order valence-electron chi connectivity index (χ0n) is 11.3. The van der Waals surface area contributed by atoms with Crippen molar-refractivity contribution in [1.82, 2.24) is 4.98 Å². The summed E-state index contributed by atoms with van der Waals surface area (Å²) in [5, 5.41) is 6.79. The molecule has 1 aromatic rings. The summed E-state index contributed by atoms with van der Waals surface area (Å²) in [5.74, 6) is 1.90. The Morgan fingerprint density at radius 2 is 2.17 bits per heavy atom. The maximum atomic E-state index is 5.38. The summed E-state index contributed by atoms with van der Waals surface area (Å²) in [6.07, 6.45) is 4.89. The molecule has 2 N–H and O–H groups in total. The van der Waals surface area contributed by atoms with E-state index < -0.39 is 0 Å². The third-order valence-electron chi connectivity index (χ3n) is 3.38. The van der Waals surface area contributed by atoms with E-state index in [-0.39, 0.29) is 0 Å². The number of nitrogens with zero attached hydrogens (tertiary/aromatic N) is 1. The second-order valence-electron chi connectivity index (χ2n) is 4.85. The van der Waals surface area contributed by atoms with E-state index in [1.165, 1.54) is 0 Å². The van der Waals surface area contributed by atoms with Gasteiger partial charge in [0, 0.05) is 19.7 Å². The van der Waals surface area contributed by atoms with Crippen molar-refractivity contribution in [1.29, 1.82) is 0 Å². The van der Waals surface area contributed by atoms with Crippen LogP contribution in [0.25, 0.3) is 0 Å². The summed E-state index contributed by atoms with van der Waals surface area (Å²) < 4.78 is 5.38. The Hall–Kier alpha value is -1.29. The van der Waals surface area contributed by atoms with E-state index in [4.69, 9.17) is 4.74 Å². The summed E-state index contributed by atoms with van der Waals surface area (Å²) in [6, 6.07) is 6.56. The second kappa shape index (κ2) is 6.59. The lowest BCUT2D eigenvalue weighted by molar-refractivity contribution is 0.108. The molecule has 2 rings (SSSR count). The van der Waals surface area contributed by atoms with Gasteiger partial charge in [0.15, 0.2) is 0 Å². The smallest absolute Gasteiger partial charge is 0.128 e. The zero-order valence-corrected chi connectivity index (χ0v) is 11.3. The first-order valence-corrected chi connectivity index (χ1v) is 6.82. The van der Waals surface area contributed by atoms with Crippen LogP contribution >= 0.6 is 0 Å². The first-order chi connectivity index (χ1) is 8.81. The maximum absolute atomic E-state index is 5.38. The fraction of sp³-hybridized carbons (Fsp3) is 0.643. The van der Waals surface area contributed by atoms with Gasteiger partial charge >= 0.3 is 0 Å². The minimum Gasteiger partial charge on any atom is -0.381 e. The Morgan fingerprint density at radius 3 is 2.89 bits per heavy atom. The first-order valence-electron chi connectivity index (χ1n) is 6.82. The lowest BCUT2D eigenvalue weighted by Crippen LogP contribution is -2.18. The Labute approximate surface area is 109 Å². The van der Waals surface area contributed by atoms with E-state index in [1.54, 1.807) is 7.11 Å². The number of nitrogens with one attached hydrogen (secondary N) is 2. The third-order valence-corrected chi connectivity index (χ3v) is 3.38. The molecule has 1 aliphatic carbocycles. The molecule has 0 aromatic carbocycles. The van der Waals surface area contributed by atoms with E-state index in [0.29, 0.717) is 12.1 Å². The van der Waals surface area contributed by atoms with Crippen LogP contribution in [0.3, 0.4) is 0 Å². The summed E-state index contributed by atoms with van der Waals surface area (Å²) >= 11 is 0. The number of hydrogen-bond donors (Lipinski definition) is 2. The lowest BCUT2D eigenvalue weighted by atomic mass is 10.2. The van der Waals surface area contributed by atoms with Crippen LogP contribution in [0.1, 0.15) is 32.6 Å². The molecule has 0 amide bonds. The van der Waals surface area contributed by atoms with Crippen molar-refractivity contribution in [2.75, 3.05) is 24.3 Å². The minimum absolute atomic E-state index is 0.406. The molecule has 0 spiro atoms. The van der Waals surface area contributed by atoms with Crippen LogP contribution in [0.4, 0.5) is 11.6 Å². The van der Waals surface area contributed by atoms with Gasteiger partial charge in [0.25, 0.3) is 0 Å². The molecule has 1 fully saturated rings. The highest BCUT2D eigenvalue weighted by Crippen LogP contribution is 2.24. The molecular weight excluding hydrogens is 226 g/mol. The highest BCUT2D eigenvalue weighted by Gasteiger charge is 2.24. The normalized spacial score (nSPS) is 23.0. The van der Waals surface area contributed by atoms with Crippen LogP contribution in [0.2, 0.25) is 0 Å². The molecule has 0 bridgehead atoms. The van der Waals surface area contributed by atoms with Crippen molar-refractivity contribution in [3.63, 3.8) is 0 Å².